The van der Waals surface area contributed by atoms with Gasteiger partial charge < -0.3 is 9.84 Å². The highest BCUT2D eigenvalue weighted by Crippen LogP contribution is 2.45. The second-order valence-corrected chi connectivity index (χ2v) is 9.81. The second-order valence-electron chi connectivity index (χ2n) is 8.37. The molecule has 1 unspecified atom stereocenters. The molecule has 0 radical (unpaired) electrons. The van der Waals surface area contributed by atoms with Crippen molar-refractivity contribution in [3.63, 3.8) is 0 Å². The van der Waals surface area contributed by atoms with E-state index in [2.05, 4.69) is 4.98 Å². The fraction of sp³-hybridized carbons (Fsp3) is 0.148. The van der Waals surface area contributed by atoms with E-state index in [9.17, 15) is 14.7 Å². The number of aliphatic hydroxyl groups excluding tert-OH is 1. The van der Waals surface area contributed by atoms with E-state index in [1.807, 2.05) is 32.0 Å². The van der Waals surface area contributed by atoms with E-state index in [0.717, 1.165) is 15.8 Å². The normalized spacial score (nSPS) is 17.4. The molecule has 5 rings (SSSR count). The summed E-state index contributed by atoms with van der Waals surface area (Å²) in [5.74, 6) is -1.06. The minimum atomic E-state index is -0.866. The number of halogens is 1. The Kier molecular flexibility index (Phi) is 5.83. The number of ether oxygens (including phenoxy) is 1. The van der Waals surface area contributed by atoms with Crippen LogP contribution in [0.2, 0.25) is 5.02 Å². The fourth-order valence-corrected chi connectivity index (χ4v) is 5.40. The molecule has 35 heavy (non-hydrogen) atoms. The molecule has 0 bridgehead atoms. The second kappa shape index (κ2) is 8.83. The number of hydrogen-bond donors (Lipinski definition) is 1. The third kappa shape index (κ3) is 3.96. The van der Waals surface area contributed by atoms with Crippen molar-refractivity contribution in [2.45, 2.75) is 19.9 Å². The number of carbonyl (C=O) groups excluding carboxylic acids is 2. The van der Waals surface area contributed by atoms with Gasteiger partial charge in [-0.3, -0.25) is 14.5 Å². The molecule has 1 aliphatic rings. The van der Waals surface area contributed by atoms with Crippen LogP contribution in [0.1, 0.15) is 28.3 Å². The number of benzene rings is 3. The Hall–Kier alpha value is -3.68. The number of aliphatic hydroxyl groups is 1. The number of methoxy groups -OCH3 is 1. The molecule has 1 fully saturated rings. The lowest BCUT2D eigenvalue weighted by atomic mass is 9.93. The van der Waals surface area contributed by atoms with Gasteiger partial charge in [0.25, 0.3) is 5.78 Å². The first-order valence-corrected chi connectivity index (χ1v) is 12.1. The van der Waals surface area contributed by atoms with E-state index in [1.165, 1.54) is 16.2 Å². The Morgan fingerprint density at radius 1 is 1.06 bits per heavy atom. The molecule has 176 valence electrons. The molecule has 1 N–H and O–H groups in total. The van der Waals surface area contributed by atoms with Crippen LogP contribution in [0.15, 0.2) is 66.2 Å². The first-order valence-electron chi connectivity index (χ1n) is 10.9. The third-order valence-electron chi connectivity index (χ3n) is 6.07. The van der Waals surface area contributed by atoms with Crippen molar-refractivity contribution in [3.8, 4) is 5.75 Å². The minimum absolute atomic E-state index is 0.0165. The van der Waals surface area contributed by atoms with Gasteiger partial charge in [-0.1, -0.05) is 52.8 Å². The van der Waals surface area contributed by atoms with Crippen LogP contribution in [0, 0.1) is 13.8 Å². The predicted molar refractivity (Wildman–Crippen MR) is 138 cm³/mol. The van der Waals surface area contributed by atoms with Gasteiger partial charge in [0.1, 0.15) is 11.5 Å². The summed E-state index contributed by atoms with van der Waals surface area (Å²) in [6.45, 7) is 3.75. The van der Waals surface area contributed by atoms with E-state index in [0.29, 0.717) is 32.5 Å². The van der Waals surface area contributed by atoms with Crippen molar-refractivity contribution in [2.24, 2.45) is 0 Å². The number of carbonyl (C=O) groups is 2. The summed E-state index contributed by atoms with van der Waals surface area (Å²) >= 11 is 7.39. The van der Waals surface area contributed by atoms with E-state index in [-0.39, 0.29) is 11.3 Å². The average molecular weight is 505 g/mol. The van der Waals surface area contributed by atoms with Crippen LogP contribution in [0.25, 0.3) is 16.0 Å². The predicted octanol–water partition coefficient (Wildman–Crippen LogP) is 6.20. The maximum absolute atomic E-state index is 13.4. The summed E-state index contributed by atoms with van der Waals surface area (Å²) in [5, 5.41) is 12.3. The van der Waals surface area contributed by atoms with E-state index in [4.69, 9.17) is 16.3 Å². The summed E-state index contributed by atoms with van der Waals surface area (Å²) in [6.07, 6.45) is 0. The van der Waals surface area contributed by atoms with Gasteiger partial charge in [-0.25, -0.2) is 4.98 Å². The first-order chi connectivity index (χ1) is 16.8. The number of Topliss-reactive ketones (excluding diaryl/α,β-unsaturated/α-hetero) is 1. The Labute approximate surface area is 211 Å². The van der Waals surface area contributed by atoms with E-state index in [1.54, 1.807) is 49.6 Å². The molecule has 3 aromatic carbocycles. The smallest absolute Gasteiger partial charge is 0.301 e. The Morgan fingerprint density at radius 3 is 2.51 bits per heavy atom. The van der Waals surface area contributed by atoms with Crippen LogP contribution in [0.5, 0.6) is 5.75 Å². The van der Waals surface area contributed by atoms with Gasteiger partial charge in [-0.15, -0.1) is 0 Å². The zero-order valence-corrected chi connectivity index (χ0v) is 20.8. The number of aromatic nitrogens is 1. The first kappa shape index (κ1) is 23.1. The monoisotopic (exact) mass is 504 g/mol. The molecule has 2 heterocycles. The summed E-state index contributed by atoms with van der Waals surface area (Å²) in [4.78, 5) is 32.8. The summed E-state index contributed by atoms with van der Waals surface area (Å²) < 4.78 is 6.12. The van der Waals surface area contributed by atoms with Crippen molar-refractivity contribution >= 4 is 55.7 Å². The van der Waals surface area contributed by atoms with Crippen LogP contribution in [0.4, 0.5) is 5.13 Å². The highest BCUT2D eigenvalue weighted by molar-refractivity contribution is 7.22. The lowest BCUT2D eigenvalue weighted by Crippen LogP contribution is -2.29. The molecule has 1 amide bonds. The van der Waals surface area contributed by atoms with Gasteiger partial charge in [0.05, 0.1) is 28.9 Å². The number of aryl methyl sites for hydroxylation is 2. The maximum Gasteiger partial charge on any atom is 0.301 e. The van der Waals surface area contributed by atoms with Crippen LogP contribution in [-0.4, -0.2) is 28.9 Å². The summed E-state index contributed by atoms with van der Waals surface area (Å²) in [6, 6.07) is 17.1. The molecule has 1 aromatic heterocycles. The van der Waals surface area contributed by atoms with E-state index >= 15 is 0 Å². The van der Waals surface area contributed by atoms with Crippen LogP contribution in [0.3, 0.4) is 0 Å². The quantitative estimate of drug-likeness (QED) is 0.203. The van der Waals surface area contributed by atoms with Crippen LogP contribution in [-0.2, 0) is 9.59 Å². The summed E-state index contributed by atoms with van der Waals surface area (Å²) in [5.41, 5.74) is 3.56. The molecule has 8 heteroatoms. The molecule has 0 saturated carbocycles. The van der Waals surface area contributed by atoms with Gasteiger partial charge in [0.2, 0.25) is 0 Å². The minimum Gasteiger partial charge on any atom is -0.507 e. The van der Waals surface area contributed by atoms with Crippen molar-refractivity contribution in [1.29, 1.82) is 0 Å². The van der Waals surface area contributed by atoms with Crippen LogP contribution < -0.4 is 9.64 Å². The molecule has 1 aliphatic heterocycles. The van der Waals surface area contributed by atoms with Crippen molar-refractivity contribution < 1.29 is 19.4 Å². The largest absolute Gasteiger partial charge is 0.507 e. The molecule has 1 atom stereocenters. The number of amides is 1. The van der Waals surface area contributed by atoms with Crippen molar-refractivity contribution in [3.05, 3.63) is 93.5 Å². The van der Waals surface area contributed by atoms with Gasteiger partial charge in [0, 0.05) is 10.6 Å². The van der Waals surface area contributed by atoms with Crippen molar-refractivity contribution in [1.82, 2.24) is 4.98 Å². The SMILES string of the molecule is COc1ccc2nc(N3C(=O)C(=O)C(=C(O)c4cc(C)ccc4C)C3c3ccc(Cl)cc3)sc2c1. The maximum atomic E-state index is 13.4. The molecule has 1 saturated heterocycles. The number of thiazole rings is 1. The standard InChI is InChI=1S/C27H21ClN2O4S/c1-14-4-5-15(2)19(12-14)24(31)22-23(16-6-8-17(28)9-7-16)30(26(33)25(22)32)27-29-20-11-10-18(34-3)13-21(20)35-27/h4-13,23,31H,1-3H3. The number of hydrogen-bond acceptors (Lipinski definition) is 6. The number of nitrogens with zero attached hydrogens (tertiary/aromatic N) is 2. The molecular weight excluding hydrogens is 484 g/mol. The van der Waals surface area contributed by atoms with E-state index < -0.39 is 17.7 Å². The Bertz CT molecular complexity index is 1520. The molecule has 0 aliphatic carbocycles. The van der Waals surface area contributed by atoms with Gasteiger partial charge in [-0.05, 0) is 61.4 Å². The van der Waals surface area contributed by atoms with Gasteiger partial charge >= 0.3 is 5.91 Å². The lowest BCUT2D eigenvalue weighted by molar-refractivity contribution is -0.132. The Balaban J connectivity index is 1.74. The van der Waals surface area contributed by atoms with Crippen LogP contribution >= 0.6 is 22.9 Å². The average Bonchev–Trinajstić information content (AvgIpc) is 3.38. The third-order valence-corrected chi connectivity index (χ3v) is 7.34. The number of fused-ring (bicyclic) bond motifs is 1. The Morgan fingerprint density at radius 2 is 1.80 bits per heavy atom. The van der Waals surface area contributed by atoms with Gasteiger partial charge in [-0.2, -0.15) is 0 Å². The highest BCUT2D eigenvalue weighted by Gasteiger charge is 2.48. The molecular formula is C27H21ClN2O4S. The lowest BCUT2D eigenvalue weighted by Gasteiger charge is -2.23. The van der Waals surface area contributed by atoms with Gasteiger partial charge in [0.15, 0.2) is 5.13 Å². The topological polar surface area (TPSA) is 79.7 Å². The summed E-state index contributed by atoms with van der Waals surface area (Å²) in [7, 11) is 1.58. The number of ketones is 1. The number of rotatable bonds is 4. The van der Waals surface area contributed by atoms with Crippen molar-refractivity contribution in [2.75, 3.05) is 12.0 Å². The number of anilines is 1. The zero-order valence-electron chi connectivity index (χ0n) is 19.2. The fourth-order valence-electron chi connectivity index (χ4n) is 4.25. The molecule has 4 aromatic rings. The molecule has 0 spiro atoms. The molecule has 6 nitrogen and oxygen atoms in total. The highest BCUT2D eigenvalue weighted by atomic mass is 35.5. The zero-order chi connectivity index (χ0) is 24.9.